The molecule has 2 aromatic carbocycles. The van der Waals surface area contributed by atoms with E-state index in [2.05, 4.69) is 27.3 Å². The zero-order chi connectivity index (χ0) is 33.1. The Balaban J connectivity index is 1.42. The zero-order valence-corrected chi connectivity index (χ0v) is 26.8. The molecule has 0 bridgehead atoms. The van der Waals surface area contributed by atoms with E-state index < -0.39 is 16.8 Å². The lowest BCUT2D eigenvalue weighted by Gasteiger charge is -2.38. The van der Waals surface area contributed by atoms with Crippen LogP contribution in [0.5, 0.6) is 0 Å². The second-order valence-electron chi connectivity index (χ2n) is 12.0. The summed E-state index contributed by atoms with van der Waals surface area (Å²) in [5.41, 5.74) is 4.43. The van der Waals surface area contributed by atoms with Crippen LogP contribution in [0, 0.1) is 35.5 Å². The molecule has 11 heteroatoms. The minimum absolute atomic E-state index is 0.0956. The van der Waals surface area contributed by atoms with Gasteiger partial charge in [0, 0.05) is 44.9 Å². The number of fused-ring (bicyclic) bond motifs is 1. The quantitative estimate of drug-likeness (QED) is 0.219. The summed E-state index contributed by atoms with van der Waals surface area (Å²) in [5.74, 6) is -0.0659. The minimum Gasteiger partial charge on any atom is -0.436 e. The average molecular weight is 649 g/mol. The van der Waals surface area contributed by atoms with Crippen LogP contribution in [-0.2, 0) is 30.0 Å². The van der Waals surface area contributed by atoms with Crippen molar-refractivity contribution in [1.29, 1.82) is 10.5 Å². The van der Waals surface area contributed by atoms with Gasteiger partial charge in [0.05, 0.1) is 30.2 Å². The standard InChI is InChI=1S/C36H33ClN6O4/c1-22-6-3-4-7-28(22)29-8-5-10-36(33(29)37,42-34(45)31-14-26(21-46-2)27(20-44)16-40-31)35-41-30-13-24(12-25(15-39)32(30)47-35)19-43-17-23(18-43)9-11-38/h3-8,10,12-14,16,23,33,44H,9,17-21H2,1-2H3,(H,42,45). The van der Waals surface area contributed by atoms with E-state index in [9.17, 15) is 15.2 Å². The number of allylic oxidation sites excluding steroid dienone is 2. The highest BCUT2D eigenvalue weighted by molar-refractivity contribution is 6.28. The van der Waals surface area contributed by atoms with Gasteiger partial charge in [0.1, 0.15) is 17.3 Å². The zero-order valence-electron chi connectivity index (χ0n) is 26.0. The number of oxazole rings is 1. The van der Waals surface area contributed by atoms with Crippen molar-refractivity contribution in [3.63, 3.8) is 0 Å². The largest absolute Gasteiger partial charge is 0.436 e. The van der Waals surface area contributed by atoms with E-state index in [1.165, 1.54) is 13.3 Å². The van der Waals surface area contributed by atoms with Crippen molar-refractivity contribution >= 4 is 34.2 Å². The summed E-state index contributed by atoms with van der Waals surface area (Å²) in [6.45, 7) is 4.16. The maximum atomic E-state index is 14.0. The molecule has 1 aliphatic carbocycles. The molecule has 2 atom stereocenters. The van der Waals surface area contributed by atoms with Crippen LogP contribution in [0.3, 0.4) is 0 Å². The summed E-state index contributed by atoms with van der Waals surface area (Å²) in [7, 11) is 1.53. The molecule has 6 rings (SSSR count). The van der Waals surface area contributed by atoms with Gasteiger partial charge in [-0.1, -0.05) is 36.4 Å². The molecule has 1 fully saturated rings. The number of pyridine rings is 1. The van der Waals surface area contributed by atoms with E-state index in [4.69, 9.17) is 31.0 Å². The monoisotopic (exact) mass is 648 g/mol. The number of likely N-dealkylation sites (tertiary alicyclic amines) is 1. The number of halogens is 1. The maximum absolute atomic E-state index is 14.0. The Kier molecular flexibility index (Phi) is 9.21. The second-order valence-corrected chi connectivity index (χ2v) is 12.4. The molecule has 1 aliphatic heterocycles. The second kappa shape index (κ2) is 13.5. The summed E-state index contributed by atoms with van der Waals surface area (Å²) in [6.07, 6.45) is 7.44. The number of aryl methyl sites for hydroxylation is 1. The van der Waals surface area contributed by atoms with E-state index in [1.807, 2.05) is 49.4 Å². The van der Waals surface area contributed by atoms with Gasteiger partial charge < -0.3 is 19.6 Å². The molecule has 3 heterocycles. The Morgan fingerprint density at radius 2 is 2.04 bits per heavy atom. The highest BCUT2D eigenvalue weighted by atomic mass is 35.5. The number of nitriles is 2. The summed E-state index contributed by atoms with van der Waals surface area (Å²) >= 11 is 7.37. The topological polar surface area (TPSA) is 148 Å². The van der Waals surface area contributed by atoms with Gasteiger partial charge >= 0.3 is 0 Å². The van der Waals surface area contributed by atoms with Crippen molar-refractivity contribution in [2.75, 3.05) is 20.2 Å². The molecule has 0 spiro atoms. The van der Waals surface area contributed by atoms with Crippen LogP contribution in [0.2, 0.25) is 0 Å². The Morgan fingerprint density at radius 1 is 1.23 bits per heavy atom. The van der Waals surface area contributed by atoms with Crippen LogP contribution in [0.4, 0.5) is 0 Å². The number of amides is 1. The molecule has 238 valence electrons. The van der Waals surface area contributed by atoms with Gasteiger partial charge in [-0.25, -0.2) is 4.98 Å². The highest BCUT2D eigenvalue weighted by Gasteiger charge is 2.47. The van der Waals surface area contributed by atoms with E-state index in [1.54, 1.807) is 18.2 Å². The molecule has 1 amide bonds. The Bertz CT molecular complexity index is 1980. The highest BCUT2D eigenvalue weighted by Crippen LogP contribution is 2.43. The van der Waals surface area contributed by atoms with Gasteiger partial charge in [-0.3, -0.25) is 14.7 Å². The number of alkyl halides is 1. The van der Waals surface area contributed by atoms with Gasteiger partial charge in [0.25, 0.3) is 5.91 Å². The molecule has 4 aromatic rings. The molecule has 47 heavy (non-hydrogen) atoms. The van der Waals surface area contributed by atoms with Gasteiger partial charge in [0.2, 0.25) is 5.89 Å². The van der Waals surface area contributed by atoms with Crippen molar-refractivity contribution in [2.24, 2.45) is 5.92 Å². The van der Waals surface area contributed by atoms with Crippen molar-refractivity contribution in [3.8, 4) is 12.1 Å². The molecule has 2 aliphatic rings. The van der Waals surface area contributed by atoms with Crippen LogP contribution < -0.4 is 5.32 Å². The maximum Gasteiger partial charge on any atom is 0.271 e. The Morgan fingerprint density at radius 3 is 2.77 bits per heavy atom. The molecule has 2 unspecified atom stereocenters. The molecule has 1 saturated heterocycles. The predicted molar refractivity (Wildman–Crippen MR) is 176 cm³/mol. The number of methoxy groups -OCH3 is 1. The first kappa shape index (κ1) is 32.1. The number of carbonyl (C=O) groups is 1. The number of hydrogen-bond acceptors (Lipinski definition) is 9. The lowest BCUT2D eigenvalue weighted by Crippen LogP contribution is -2.52. The van der Waals surface area contributed by atoms with Crippen molar-refractivity contribution in [1.82, 2.24) is 20.2 Å². The number of rotatable bonds is 10. The van der Waals surface area contributed by atoms with Crippen LogP contribution >= 0.6 is 11.6 Å². The fraction of sp³-hybridized carbons (Fsp3) is 0.306. The lowest BCUT2D eigenvalue weighted by molar-refractivity contribution is 0.0901. The van der Waals surface area contributed by atoms with Gasteiger partial charge in [-0.2, -0.15) is 10.5 Å². The van der Waals surface area contributed by atoms with E-state index >= 15 is 0 Å². The van der Waals surface area contributed by atoms with Crippen molar-refractivity contribution < 1.29 is 19.1 Å². The number of aliphatic hydroxyl groups excluding tert-OH is 1. The average Bonchev–Trinajstić information content (AvgIpc) is 3.50. The number of aromatic nitrogens is 2. The fourth-order valence-corrected chi connectivity index (χ4v) is 6.69. The predicted octanol–water partition coefficient (Wildman–Crippen LogP) is 5.27. The third-order valence-corrected chi connectivity index (χ3v) is 9.29. The third kappa shape index (κ3) is 6.17. The first-order valence-electron chi connectivity index (χ1n) is 15.2. The smallest absolute Gasteiger partial charge is 0.271 e. The summed E-state index contributed by atoms with van der Waals surface area (Å²) in [4.78, 5) is 25.4. The summed E-state index contributed by atoms with van der Waals surface area (Å²) in [6, 6.07) is 17.6. The Hall–Kier alpha value is -4.84. The summed E-state index contributed by atoms with van der Waals surface area (Å²) in [5, 5.41) is 31.1. The number of hydrogen-bond donors (Lipinski definition) is 2. The Labute approximate surface area is 277 Å². The molecule has 10 nitrogen and oxygen atoms in total. The van der Waals surface area contributed by atoms with Gasteiger partial charge in [0.15, 0.2) is 11.1 Å². The van der Waals surface area contributed by atoms with E-state index in [0.29, 0.717) is 46.7 Å². The molecule has 2 aromatic heterocycles. The van der Waals surface area contributed by atoms with E-state index in [0.717, 1.165) is 35.4 Å². The number of benzene rings is 2. The molecular weight excluding hydrogens is 616 g/mol. The van der Waals surface area contributed by atoms with Crippen molar-refractivity contribution in [3.05, 3.63) is 112 Å². The normalized spacial score (nSPS) is 19.5. The first-order valence-corrected chi connectivity index (χ1v) is 15.7. The van der Waals surface area contributed by atoms with Crippen LogP contribution in [-0.4, -0.2) is 51.5 Å². The minimum atomic E-state index is -1.47. The number of nitrogens with zero attached hydrogens (tertiary/aromatic N) is 5. The number of ether oxygens (including phenoxy) is 1. The molecule has 2 N–H and O–H groups in total. The SMILES string of the molecule is COCc1cc(C(=O)NC2(c3nc4cc(CN5CC(CC#N)C5)cc(C#N)c4o3)C=CC=C(c3ccccc3C)C2Cl)ncc1CO. The number of nitrogens with one attached hydrogen (secondary N) is 1. The van der Waals surface area contributed by atoms with E-state index in [-0.39, 0.29) is 24.8 Å². The molecule has 0 saturated carbocycles. The number of aliphatic hydroxyl groups is 1. The summed E-state index contributed by atoms with van der Waals surface area (Å²) < 4.78 is 11.6. The molecule has 0 radical (unpaired) electrons. The number of carbonyl (C=O) groups excluding carboxylic acids is 1. The van der Waals surface area contributed by atoms with Crippen LogP contribution in [0.15, 0.2) is 71.3 Å². The van der Waals surface area contributed by atoms with Crippen molar-refractivity contribution in [2.45, 2.75) is 44.0 Å². The fourth-order valence-electron chi connectivity index (χ4n) is 6.28. The van der Waals surface area contributed by atoms with Crippen LogP contribution in [0.25, 0.3) is 16.7 Å². The first-order chi connectivity index (χ1) is 22.8. The van der Waals surface area contributed by atoms with Crippen LogP contribution in [0.1, 0.15) is 56.2 Å². The molecular formula is C36H33ClN6O4. The lowest BCUT2D eigenvalue weighted by atomic mass is 9.81. The van der Waals surface area contributed by atoms with Gasteiger partial charge in [-0.15, -0.1) is 11.6 Å². The third-order valence-electron chi connectivity index (χ3n) is 8.71. The van der Waals surface area contributed by atoms with Gasteiger partial charge in [-0.05, 0) is 64.9 Å².